The van der Waals surface area contributed by atoms with Crippen LogP contribution in [-0.4, -0.2) is 54.3 Å². The van der Waals surface area contributed by atoms with Crippen molar-refractivity contribution in [1.82, 2.24) is 9.80 Å². The second kappa shape index (κ2) is 6.70. The van der Waals surface area contributed by atoms with E-state index in [1.807, 2.05) is 0 Å². The van der Waals surface area contributed by atoms with E-state index in [2.05, 4.69) is 36.3 Å². The van der Waals surface area contributed by atoms with Crippen molar-refractivity contribution in [3.63, 3.8) is 0 Å². The normalized spacial score (nSPS) is 22.5. The van der Waals surface area contributed by atoms with Crippen molar-refractivity contribution >= 4 is 12.6 Å². The summed E-state index contributed by atoms with van der Waals surface area (Å²) in [5.74, 6) is 1.02. The van der Waals surface area contributed by atoms with Gasteiger partial charge in [-0.2, -0.15) is 12.6 Å². The van der Waals surface area contributed by atoms with Crippen molar-refractivity contribution in [1.29, 1.82) is 0 Å². The lowest BCUT2D eigenvalue weighted by atomic mass is 10.2. The molecule has 2 nitrogen and oxygen atoms in total. The zero-order chi connectivity index (χ0) is 10.4. The summed E-state index contributed by atoms with van der Waals surface area (Å²) in [6.07, 6.45) is 2.50. The minimum atomic E-state index is 0.766. The van der Waals surface area contributed by atoms with Crippen LogP contribution in [0.25, 0.3) is 0 Å². The van der Waals surface area contributed by atoms with E-state index in [1.165, 1.54) is 45.6 Å². The molecular weight excluding hydrogens is 192 g/mol. The third-order valence-corrected chi connectivity index (χ3v) is 3.57. The Balaban J connectivity index is 2.17. The maximum Gasteiger partial charge on any atom is 0.0113 e. The molecular formula is C11H24N2S. The number of rotatable bonds is 5. The molecule has 1 atom stereocenters. The summed E-state index contributed by atoms with van der Waals surface area (Å²) in [6, 6.07) is 0.766. The van der Waals surface area contributed by atoms with Crippen LogP contribution in [0.5, 0.6) is 0 Å². The first-order valence-electron chi connectivity index (χ1n) is 5.85. The quantitative estimate of drug-likeness (QED) is 0.699. The lowest BCUT2D eigenvalue weighted by Crippen LogP contribution is -2.49. The van der Waals surface area contributed by atoms with Crippen molar-refractivity contribution in [3.8, 4) is 0 Å². The monoisotopic (exact) mass is 216 g/mol. The van der Waals surface area contributed by atoms with Crippen molar-refractivity contribution in [2.75, 3.05) is 38.5 Å². The van der Waals surface area contributed by atoms with Crippen LogP contribution in [0.4, 0.5) is 0 Å². The van der Waals surface area contributed by atoms with Crippen LogP contribution in [0.1, 0.15) is 26.7 Å². The average Bonchev–Trinajstić information content (AvgIpc) is 2.26. The molecule has 0 radical (unpaired) electrons. The average molecular weight is 216 g/mol. The smallest absolute Gasteiger partial charge is 0.0113 e. The van der Waals surface area contributed by atoms with Crippen LogP contribution in [0.3, 0.4) is 0 Å². The van der Waals surface area contributed by atoms with Gasteiger partial charge in [-0.15, -0.1) is 0 Å². The number of piperazine rings is 1. The largest absolute Gasteiger partial charge is 0.301 e. The lowest BCUT2D eigenvalue weighted by molar-refractivity contribution is 0.101. The standard InChI is InChI=1S/C11H24N2S/c1-3-11(2)13-8-6-12(7-9-13)5-4-10-14/h11,14H,3-10H2,1-2H3. The summed E-state index contributed by atoms with van der Waals surface area (Å²) >= 11 is 4.25. The minimum absolute atomic E-state index is 0.766. The van der Waals surface area contributed by atoms with Gasteiger partial charge in [-0.05, 0) is 32.1 Å². The first-order valence-corrected chi connectivity index (χ1v) is 6.48. The summed E-state index contributed by atoms with van der Waals surface area (Å²) in [5.41, 5.74) is 0. The third kappa shape index (κ3) is 3.79. The maximum atomic E-state index is 4.25. The molecule has 1 unspecified atom stereocenters. The van der Waals surface area contributed by atoms with E-state index in [9.17, 15) is 0 Å². The van der Waals surface area contributed by atoms with E-state index >= 15 is 0 Å². The molecule has 3 heteroatoms. The highest BCUT2D eigenvalue weighted by Gasteiger charge is 2.19. The van der Waals surface area contributed by atoms with Crippen molar-refractivity contribution in [3.05, 3.63) is 0 Å². The van der Waals surface area contributed by atoms with E-state index in [-0.39, 0.29) is 0 Å². The molecule has 14 heavy (non-hydrogen) atoms. The Hall–Kier alpha value is 0.270. The summed E-state index contributed by atoms with van der Waals surface area (Å²) < 4.78 is 0. The predicted octanol–water partition coefficient (Wildman–Crippen LogP) is 1.72. The van der Waals surface area contributed by atoms with Gasteiger partial charge in [0, 0.05) is 32.2 Å². The van der Waals surface area contributed by atoms with Crippen molar-refractivity contribution in [2.24, 2.45) is 0 Å². The molecule has 0 saturated carbocycles. The van der Waals surface area contributed by atoms with Crippen LogP contribution >= 0.6 is 12.6 Å². The van der Waals surface area contributed by atoms with Gasteiger partial charge in [-0.25, -0.2) is 0 Å². The van der Waals surface area contributed by atoms with Crippen molar-refractivity contribution < 1.29 is 0 Å². The molecule has 0 N–H and O–H groups in total. The Bertz CT molecular complexity index is 144. The van der Waals surface area contributed by atoms with E-state index in [0.29, 0.717) is 0 Å². The Morgan fingerprint density at radius 1 is 1.21 bits per heavy atom. The summed E-state index contributed by atoms with van der Waals surface area (Å²) in [5, 5.41) is 0. The maximum absolute atomic E-state index is 4.25. The summed E-state index contributed by atoms with van der Waals surface area (Å²) in [4.78, 5) is 5.17. The van der Waals surface area contributed by atoms with Gasteiger partial charge in [-0.1, -0.05) is 6.92 Å². The topological polar surface area (TPSA) is 6.48 Å². The van der Waals surface area contributed by atoms with Gasteiger partial charge in [0.2, 0.25) is 0 Å². The first-order chi connectivity index (χ1) is 6.77. The lowest BCUT2D eigenvalue weighted by Gasteiger charge is -2.37. The second-order valence-electron chi connectivity index (χ2n) is 4.21. The SMILES string of the molecule is CCC(C)N1CCN(CCCS)CC1. The summed E-state index contributed by atoms with van der Waals surface area (Å²) in [7, 11) is 0. The molecule has 1 saturated heterocycles. The van der Waals surface area contributed by atoms with E-state index in [1.54, 1.807) is 0 Å². The van der Waals surface area contributed by atoms with Crippen LogP contribution < -0.4 is 0 Å². The molecule has 1 fully saturated rings. The fourth-order valence-corrected chi connectivity index (χ4v) is 2.12. The Morgan fingerprint density at radius 3 is 2.36 bits per heavy atom. The van der Waals surface area contributed by atoms with E-state index < -0.39 is 0 Å². The van der Waals surface area contributed by atoms with Crippen LogP contribution in [-0.2, 0) is 0 Å². The van der Waals surface area contributed by atoms with Crippen molar-refractivity contribution in [2.45, 2.75) is 32.7 Å². The molecule has 0 aromatic rings. The number of hydrogen-bond donors (Lipinski definition) is 1. The van der Waals surface area contributed by atoms with E-state index in [0.717, 1.165) is 11.8 Å². The van der Waals surface area contributed by atoms with Crippen LogP contribution in [0.2, 0.25) is 0 Å². The van der Waals surface area contributed by atoms with Crippen LogP contribution in [0, 0.1) is 0 Å². The highest BCUT2D eigenvalue weighted by Crippen LogP contribution is 2.08. The Labute approximate surface area is 94.1 Å². The molecule has 0 aliphatic carbocycles. The van der Waals surface area contributed by atoms with Gasteiger partial charge in [0.05, 0.1) is 0 Å². The predicted molar refractivity (Wildman–Crippen MR) is 66.2 cm³/mol. The molecule has 1 heterocycles. The molecule has 84 valence electrons. The number of thiol groups is 1. The highest BCUT2D eigenvalue weighted by atomic mass is 32.1. The molecule has 0 aromatic carbocycles. The summed E-state index contributed by atoms with van der Waals surface area (Å²) in [6.45, 7) is 10.8. The molecule has 0 bridgehead atoms. The molecule has 1 rings (SSSR count). The van der Waals surface area contributed by atoms with Gasteiger partial charge >= 0.3 is 0 Å². The van der Waals surface area contributed by atoms with E-state index in [4.69, 9.17) is 0 Å². The third-order valence-electron chi connectivity index (χ3n) is 3.25. The van der Waals surface area contributed by atoms with Gasteiger partial charge in [-0.3, -0.25) is 4.90 Å². The zero-order valence-corrected chi connectivity index (χ0v) is 10.5. The number of nitrogens with zero attached hydrogens (tertiary/aromatic N) is 2. The molecule has 1 aliphatic heterocycles. The Kier molecular flexibility index (Phi) is 5.90. The minimum Gasteiger partial charge on any atom is -0.301 e. The van der Waals surface area contributed by atoms with Gasteiger partial charge in [0.15, 0.2) is 0 Å². The van der Waals surface area contributed by atoms with Gasteiger partial charge in [0.1, 0.15) is 0 Å². The molecule has 0 amide bonds. The first kappa shape index (κ1) is 12.3. The van der Waals surface area contributed by atoms with Gasteiger partial charge < -0.3 is 4.90 Å². The van der Waals surface area contributed by atoms with Gasteiger partial charge in [0.25, 0.3) is 0 Å². The number of hydrogen-bond acceptors (Lipinski definition) is 3. The molecule has 0 spiro atoms. The fraction of sp³-hybridized carbons (Fsp3) is 1.00. The molecule has 1 aliphatic rings. The Morgan fingerprint density at radius 2 is 1.86 bits per heavy atom. The zero-order valence-electron chi connectivity index (χ0n) is 9.58. The second-order valence-corrected chi connectivity index (χ2v) is 4.66. The fourth-order valence-electron chi connectivity index (χ4n) is 1.98. The molecule has 0 aromatic heterocycles. The highest BCUT2D eigenvalue weighted by molar-refractivity contribution is 7.80. The van der Waals surface area contributed by atoms with Crippen LogP contribution in [0.15, 0.2) is 0 Å².